The number of pyridine rings is 1. The molecule has 188 valence electrons. The number of carbonyl (C=O) groups is 1. The number of hydrogen-bond donors (Lipinski definition) is 2. The Morgan fingerprint density at radius 1 is 1.24 bits per heavy atom. The summed E-state index contributed by atoms with van der Waals surface area (Å²) in [6.07, 6.45) is 3.81. The summed E-state index contributed by atoms with van der Waals surface area (Å²) in [5.74, 6) is 0.302. The number of halogens is 1. The van der Waals surface area contributed by atoms with E-state index in [1.54, 1.807) is 28.9 Å². The lowest BCUT2D eigenvalue weighted by molar-refractivity contribution is -0.117. The Morgan fingerprint density at radius 2 is 2.08 bits per heavy atom. The molecule has 4 aromatic rings. The van der Waals surface area contributed by atoms with Crippen molar-refractivity contribution in [2.24, 2.45) is 11.1 Å². The van der Waals surface area contributed by atoms with E-state index >= 15 is 0 Å². The van der Waals surface area contributed by atoms with Crippen molar-refractivity contribution in [3.05, 3.63) is 59.9 Å². The molecule has 1 amide bonds. The molecule has 4 aromatic heterocycles. The van der Waals surface area contributed by atoms with Gasteiger partial charge in [-0.2, -0.15) is 19.3 Å². The summed E-state index contributed by atoms with van der Waals surface area (Å²) in [4.78, 5) is 22.2. The standard InChI is InChI=1S/C25H25FN10O/c1-25(2)14-35(22-6-4-17(11-27)32-33-22)8-7-19(25)31-24-16(9-21(28)37)13-30-23-10-18(34-36(23)24)15-3-5-20(26)29-12-15/h3-6,10,12-13,19,31H,7-9,14H2,1-2H3,(H2,28,37)/t19-/m1/s1. The van der Waals surface area contributed by atoms with Crippen LogP contribution in [0.1, 0.15) is 31.5 Å². The highest BCUT2D eigenvalue weighted by molar-refractivity contribution is 5.78. The van der Waals surface area contributed by atoms with Crippen LogP contribution in [0.3, 0.4) is 0 Å². The molecule has 11 nitrogen and oxygen atoms in total. The van der Waals surface area contributed by atoms with E-state index in [9.17, 15) is 9.18 Å². The number of amides is 1. The third-order valence-corrected chi connectivity index (χ3v) is 6.58. The number of rotatable bonds is 6. The van der Waals surface area contributed by atoms with Gasteiger partial charge in [-0.05, 0) is 30.7 Å². The highest BCUT2D eigenvalue weighted by Gasteiger charge is 2.37. The van der Waals surface area contributed by atoms with Gasteiger partial charge in [0.25, 0.3) is 0 Å². The number of fused-ring (bicyclic) bond motifs is 1. The van der Waals surface area contributed by atoms with Crippen molar-refractivity contribution in [3.63, 3.8) is 0 Å². The fourth-order valence-corrected chi connectivity index (χ4v) is 4.65. The van der Waals surface area contributed by atoms with E-state index < -0.39 is 11.9 Å². The number of nitriles is 1. The van der Waals surface area contributed by atoms with Crippen molar-refractivity contribution >= 4 is 23.2 Å². The molecule has 1 saturated heterocycles. The summed E-state index contributed by atoms with van der Waals surface area (Å²) in [6.45, 7) is 5.71. The zero-order valence-corrected chi connectivity index (χ0v) is 20.4. The Labute approximate surface area is 212 Å². The first-order valence-corrected chi connectivity index (χ1v) is 11.8. The first-order chi connectivity index (χ1) is 17.7. The van der Waals surface area contributed by atoms with Gasteiger partial charge in [-0.15, -0.1) is 10.2 Å². The summed E-state index contributed by atoms with van der Waals surface area (Å²) in [6, 6.07) is 10.1. The first-order valence-electron chi connectivity index (χ1n) is 11.8. The van der Waals surface area contributed by atoms with Crippen LogP contribution in [0, 0.1) is 22.7 Å². The van der Waals surface area contributed by atoms with Gasteiger partial charge in [0.15, 0.2) is 17.2 Å². The number of primary amides is 1. The van der Waals surface area contributed by atoms with Gasteiger partial charge < -0.3 is 16.0 Å². The minimum Gasteiger partial charge on any atom is -0.369 e. The van der Waals surface area contributed by atoms with Crippen LogP contribution in [-0.4, -0.2) is 54.8 Å². The van der Waals surface area contributed by atoms with E-state index in [1.165, 1.54) is 12.3 Å². The Morgan fingerprint density at radius 3 is 2.73 bits per heavy atom. The monoisotopic (exact) mass is 500 g/mol. The summed E-state index contributed by atoms with van der Waals surface area (Å²) in [5, 5.41) is 25.5. The first kappa shape index (κ1) is 24.1. The molecule has 0 unspecified atom stereocenters. The van der Waals surface area contributed by atoms with E-state index in [0.29, 0.717) is 41.4 Å². The highest BCUT2D eigenvalue weighted by Crippen LogP contribution is 2.34. The number of carbonyl (C=O) groups excluding carboxylic acids is 1. The maximum Gasteiger partial charge on any atom is 0.222 e. The summed E-state index contributed by atoms with van der Waals surface area (Å²) in [5.41, 5.74) is 8.01. The fraction of sp³-hybridized carbons (Fsp3) is 0.320. The highest BCUT2D eigenvalue weighted by atomic mass is 19.1. The van der Waals surface area contributed by atoms with Crippen molar-refractivity contribution in [3.8, 4) is 17.3 Å². The average Bonchev–Trinajstić information content (AvgIpc) is 3.31. The van der Waals surface area contributed by atoms with Crippen LogP contribution in [0.2, 0.25) is 0 Å². The van der Waals surface area contributed by atoms with Gasteiger partial charge in [-0.1, -0.05) is 13.8 Å². The molecule has 12 heteroatoms. The third kappa shape index (κ3) is 4.88. The van der Waals surface area contributed by atoms with Crippen LogP contribution < -0.4 is 16.0 Å². The second-order valence-corrected chi connectivity index (χ2v) is 9.73. The fourth-order valence-electron chi connectivity index (χ4n) is 4.65. The van der Waals surface area contributed by atoms with E-state index in [4.69, 9.17) is 16.1 Å². The van der Waals surface area contributed by atoms with Gasteiger partial charge in [-0.25, -0.2) is 9.97 Å². The predicted molar refractivity (Wildman–Crippen MR) is 134 cm³/mol. The Kier molecular flexibility index (Phi) is 6.12. The lowest BCUT2D eigenvalue weighted by Gasteiger charge is -2.45. The van der Waals surface area contributed by atoms with Crippen molar-refractivity contribution in [1.29, 1.82) is 5.26 Å². The van der Waals surface area contributed by atoms with E-state index in [-0.39, 0.29) is 23.6 Å². The van der Waals surface area contributed by atoms with Crippen molar-refractivity contribution in [2.45, 2.75) is 32.7 Å². The van der Waals surface area contributed by atoms with Gasteiger partial charge in [0, 0.05) is 54.1 Å². The molecule has 5 rings (SSSR count). The van der Waals surface area contributed by atoms with Gasteiger partial charge in [0.2, 0.25) is 11.9 Å². The Hall–Kier alpha value is -4.66. The summed E-state index contributed by atoms with van der Waals surface area (Å²) in [7, 11) is 0. The Bertz CT molecular complexity index is 1490. The van der Waals surface area contributed by atoms with Crippen LogP contribution in [0.25, 0.3) is 16.9 Å². The van der Waals surface area contributed by atoms with Crippen LogP contribution in [0.4, 0.5) is 16.0 Å². The van der Waals surface area contributed by atoms with Crippen LogP contribution >= 0.6 is 0 Å². The molecule has 0 bridgehead atoms. The molecule has 1 fully saturated rings. The average molecular weight is 501 g/mol. The Balaban J connectivity index is 1.46. The zero-order valence-electron chi connectivity index (χ0n) is 20.4. The van der Waals surface area contributed by atoms with Gasteiger partial charge >= 0.3 is 0 Å². The van der Waals surface area contributed by atoms with E-state index in [1.807, 2.05) is 12.1 Å². The number of anilines is 2. The molecule has 37 heavy (non-hydrogen) atoms. The molecule has 1 atom stereocenters. The van der Waals surface area contributed by atoms with Crippen LogP contribution in [0.15, 0.2) is 42.7 Å². The van der Waals surface area contributed by atoms with E-state index in [2.05, 4.69) is 44.2 Å². The van der Waals surface area contributed by atoms with Crippen LogP contribution in [-0.2, 0) is 11.2 Å². The SMILES string of the molecule is CC1(C)CN(c2ccc(C#N)nn2)CC[C@H]1Nc1c(CC(N)=O)cnc2cc(-c3ccc(F)nc3)nn12. The van der Waals surface area contributed by atoms with E-state index in [0.717, 1.165) is 12.2 Å². The number of aromatic nitrogens is 6. The molecule has 5 heterocycles. The molecule has 0 spiro atoms. The normalized spacial score (nSPS) is 16.9. The molecule has 0 aromatic carbocycles. The second kappa shape index (κ2) is 9.42. The maximum absolute atomic E-state index is 13.3. The third-order valence-electron chi connectivity index (χ3n) is 6.58. The molecule has 0 saturated carbocycles. The minimum atomic E-state index is -0.572. The van der Waals surface area contributed by atoms with Gasteiger partial charge in [0.05, 0.1) is 12.1 Å². The lowest BCUT2D eigenvalue weighted by atomic mass is 9.79. The van der Waals surface area contributed by atoms with Gasteiger partial charge in [0.1, 0.15) is 11.9 Å². The number of hydrogen-bond acceptors (Lipinski definition) is 9. The number of nitrogens with zero attached hydrogens (tertiary/aromatic N) is 8. The summed E-state index contributed by atoms with van der Waals surface area (Å²) < 4.78 is 15.0. The molecule has 3 N–H and O–H groups in total. The number of nitrogens with two attached hydrogens (primary N) is 1. The zero-order chi connectivity index (χ0) is 26.2. The molecular formula is C25H25FN10O. The van der Waals surface area contributed by atoms with Crippen LogP contribution in [0.5, 0.6) is 0 Å². The number of nitrogens with one attached hydrogen (secondary N) is 1. The van der Waals surface area contributed by atoms with Gasteiger partial charge in [-0.3, -0.25) is 4.79 Å². The lowest BCUT2D eigenvalue weighted by Crippen LogP contribution is -2.52. The molecule has 1 aliphatic rings. The molecule has 1 aliphatic heterocycles. The largest absolute Gasteiger partial charge is 0.369 e. The predicted octanol–water partition coefficient (Wildman–Crippen LogP) is 2.34. The maximum atomic E-state index is 13.3. The quantitative estimate of drug-likeness (QED) is 0.380. The van der Waals surface area contributed by atoms with Crippen molar-refractivity contribution in [1.82, 2.24) is 29.8 Å². The molecule has 0 radical (unpaired) electrons. The topological polar surface area (TPSA) is 151 Å². The second-order valence-electron chi connectivity index (χ2n) is 9.73. The number of piperidine rings is 1. The minimum absolute atomic E-state index is 0.00131. The van der Waals surface area contributed by atoms with Crippen molar-refractivity contribution < 1.29 is 9.18 Å². The summed E-state index contributed by atoms with van der Waals surface area (Å²) >= 11 is 0. The smallest absolute Gasteiger partial charge is 0.222 e. The molecular weight excluding hydrogens is 475 g/mol. The van der Waals surface area contributed by atoms with Crippen molar-refractivity contribution in [2.75, 3.05) is 23.3 Å². The molecule has 0 aliphatic carbocycles.